The van der Waals surface area contributed by atoms with E-state index >= 15 is 0 Å². The van der Waals surface area contributed by atoms with E-state index in [-0.39, 0.29) is 11.1 Å². The standard InChI is InChI=1S/C27H26F6O/c1-15-3-5-17(6-4-15)18-7-9-19(10-8-18)20-11-24(30)26(25(31)12-20)27(32,33)34-21-13-22(28)16(2)23(29)14-21/h7,9-15,17-18H,3-6,8H2,1-2H3. The predicted octanol–water partition coefficient (Wildman–Crippen LogP) is 8.47. The molecule has 1 fully saturated rings. The zero-order chi connectivity index (χ0) is 24.6. The first-order valence-electron chi connectivity index (χ1n) is 11.5. The normalized spacial score (nSPS) is 23.1. The number of ether oxygens (including phenoxy) is 1. The topological polar surface area (TPSA) is 9.23 Å². The Morgan fingerprint density at radius 3 is 1.97 bits per heavy atom. The molecule has 2 aliphatic carbocycles. The number of hydrogen-bond acceptors (Lipinski definition) is 1. The SMILES string of the molecule is Cc1c(F)cc(OC(F)(F)c2c(F)cc(C3=CCC(C4CCC(C)CC4)C=C3)cc2F)cc1F. The maximum Gasteiger partial charge on any atom is 0.432 e. The van der Waals surface area contributed by atoms with Crippen molar-refractivity contribution in [3.63, 3.8) is 0 Å². The molecule has 0 heterocycles. The van der Waals surface area contributed by atoms with Gasteiger partial charge in [-0.3, -0.25) is 0 Å². The molecule has 1 saturated carbocycles. The van der Waals surface area contributed by atoms with Gasteiger partial charge in [0, 0.05) is 17.7 Å². The fraction of sp³-hybridized carbons (Fsp3) is 0.407. The van der Waals surface area contributed by atoms with Crippen LogP contribution in [0.4, 0.5) is 26.3 Å². The Balaban J connectivity index is 1.52. The minimum absolute atomic E-state index is 0.133. The van der Waals surface area contributed by atoms with Crippen molar-refractivity contribution in [3.8, 4) is 5.75 Å². The average Bonchev–Trinajstić information content (AvgIpc) is 2.77. The molecule has 2 aliphatic rings. The lowest BCUT2D eigenvalue weighted by atomic mass is 9.73. The Morgan fingerprint density at radius 2 is 1.44 bits per heavy atom. The molecule has 0 aliphatic heterocycles. The second kappa shape index (κ2) is 9.51. The van der Waals surface area contributed by atoms with Gasteiger partial charge >= 0.3 is 6.11 Å². The molecule has 1 nitrogen and oxygen atoms in total. The lowest BCUT2D eigenvalue weighted by molar-refractivity contribution is -0.189. The van der Waals surface area contributed by atoms with Gasteiger partial charge in [-0.15, -0.1) is 0 Å². The third-order valence-corrected chi connectivity index (χ3v) is 6.97. The van der Waals surface area contributed by atoms with Gasteiger partial charge in [0.05, 0.1) is 0 Å². The van der Waals surface area contributed by atoms with E-state index in [4.69, 9.17) is 0 Å². The summed E-state index contributed by atoms with van der Waals surface area (Å²) < 4.78 is 90.3. The third kappa shape index (κ3) is 5.03. The van der Waals surface area contributed by atoms with Crippen LogP contribution in [0.1, 0.15) is 55.7 Å². The first-order chi connectivity index (χ1) is 16.0. The van der Waals surface area contributed by atoms with Crippen molar-refractivity contribution >= 4 is 5.57 Å². The fourth-order valence-electron chi connectivity index (χ4n) is 4.81. The molecule has 0 spiro atoms. The van der Waals surface area contributed by atoms with Crippen LogP contribution < -0.4 is 4.74 Å². The molecule has 4 rings (SSSR count). The number of allylic oxidation sites excluding steroid dienone is 4. The molecule has 0 amide bonds. The van der Waals surface area contributed by atoms with Crippen LogP contribution in [-0.2, 0) is 6.11 Å². The first-order valence-corrected chi connectivity index (χ1v) is 11.5. The molecular weight excluding hydrogens is 454 g/mol. The molecule has 1 atom stereocenters. The minimum atomic E-state index is -4.49. The van der Waals surface area contributed by atoms with Gasteiger partial charge in [-0.2, -0.15) is 8.78 Å². The average molecular weight is 480 g/mol. The van der Waals surface area contributed by atoms with Crippen molar-refractivity contribution < 1.29 is 31.1 Å². The zero-order valence-corrected chi connectivity index (χ0v) is 19.0. The van der Waals surface area contributed by atoms with E-state index in [0.717, 1.165) is 44.2 Å². The molecule has 7 heteroatoms. The largest absolute Gasteiger partial charge is 0.432 e. The van der Waals surface area contributed by atoms with Crippen molar-refractivity contribution in [1.29, 1.82) is 0 Å². The summed E-state index contributed by atoms with van der Waals surface area (Å²) in [5.74, 6) is -4.44. The molecule has 0 aromatic heterocycles. The van der Waals surface area contributed by atoms with Crippen LogP contribution in [-0.4, -0.2) is 0 Å². The molecule has 0 saturated heterocycles. The van der Waals surface area contributed by atoms with Crippen LogP contribution in [0.5, 0.6) is 5.75 Å². The maximum atomic E-state index is 14.7. The van der Waals surface area contributed by atoms with Gasteiger partial charge in [-0.1, -0.05) is 38.0 Å². The first kappa shape index (κ1) is 24.4. The zero-order valence-electron chi connectivity index (χ0n) is 19.0. The van der Waals surface area contributed by atoms with Crippen molar-refractivity contribution in [2.24, 2.45) is 17.8 Å². The van der Waals surface area contributed by atoms with Crippen LogP contribution in [0.2, 0.25) is 0 Å². The van der Waals surface area contributed by atoms with E-state index in [0.29, 0.717) is 29.5 Å². The van der Waals surface area contributed by atoms with E-state index < -0.39 is 40.7 Å². The van der Waals surface area contributed by atoms with Gasteiger partial charge < -0.3 is 4.74 Å². The monoisotopic (exact) mass is 480 g/mol. The van der Waals surface area contributed by atoms with Gasteiger partial charge in [-0.05, 0) is 67.2 Å². The molecule has 182 valence electrons. The van der Waals surface area contributed by atoms with E-state index in [1.807, 2.05) is 12.2 Å². The highest BCUT2D eigenvalue weighted by molar-refractivity contribution is 5.75. The van der Waals surface area contributed by atoms with Gasteiger partial charge in [0.2, 0.25) is 0 Å². The van der Waals surface area contributed by atoms with E-state index in [9.17, 15) is 26.3 Å². The molecule has 0 radical (unpaired) electrons. The van der Waals surface area contributed by atoms with Crippen molar-refractivity contribution in [2.45, 2.75) is 52.1 Å². The number of benzene rings is 2. The van der Waals surface area contributed by atoms with Crippen LogP contribution in [0, 0.1) is 47.9 Å². The summed E-state index contributed by atoms with van der Waals surface area (Å²) in [6.07, 6.45) is 6.64. The molecule has 2 aromatic rings. The molecule has 2 aromatic carbocycles. The smallest absolute Gasteiger partial charge is 0.429 e. The summed E-state index contributed by atoms with van der Waals surface area (Å²) >= 11 is 0. The van der Waals surface area contributed by atoms with Crippen molar-refractivity contribution in [1.82, 2.24) is 0 Å². The Morgan fingerprint density at radius 1 is 0.853 bits per heavy atom. The van der Waals surface area contributed by atoms with Crippen molar-refractivity contribution in [3.05, 3.63) is 82.5 Å². The van der Waals surface area contributed by atoms with Crippen LogP contribution in [0.3, 0.4) is 0 Å². The van der Waals surface area contributed by atoms with Gasteiger partial charge in [0.1, 0.15) is 34.6 Å². The predicted molar refractivity (Wildman–Crippen MR) is 118 cm³/mol. The quantitative estimate of drug-likeness (QED) is 0.390. The number of alkyl halides is 2. The summed E-state index contributed by atoms with van der Waals surface area (Å²) in [7, 11) is 0. The summed E-state index contributed by atoms with van der Waals surface area (Å²) in [6.45, 7) is 3.38. The summed E-state index contributed by atoms with van der Waals surface area (Å²) in [5, 5.41) is 0. The molecule has 0 bridgehead atoms. The fourth-order valence-corrected chi connectivity index (χ4v) is 4.81. The van der Waals surface area contributed by atoms with E-state index in [2.05, 4.69) is 11.7 Å². The highest BCUT2D eigenvalue weighted by Crippen LogP contribution is 2.40. The lowest BCUT2D eigenvalue weighted by Gasteiger charge is -2.32. The Hall–Kier alpha value is -2.70. The number of halogens is 6. The van der Waals surface area contributed by atoms with Crippen LogP contribution >= 0.6 is 0 Å². The van der Waals surface area contributed by atoms with Gasteiger partial charge in [0.25, 0.3) is 0 Å². The van der Waals surface area contributed by atoms with E-state index in [1.165, 1.54) is 12.8 Å². The third-order valence-electron chi connectivity index (χ3n) is 6.97. The van der Waals surface area contributed by atoms with Crippen LogP contribution in [0.15, 0.2) is 42.5 Å². The summed E-state index contributed by atoms with van der Waals surface area (Å²) in [4.78, 5) is 0. The Bertz CT molecular complexity index is 1080. The molecule has 1 unspecified atom stereocenters. The van der Waals surface area contributed by atoms with Gasteiger partial charge in [-0.25, -0.2) is 17.6 Å². The van der Waals surface area contributed by atoms with Crippen molar-refractivity contribution in [2.75, 3.05) is 0 Å². The Labute approximate surface area is 195 Å². The minimum Gasteiger partial charge on any atom is -0.429 e. The molecule has 0 N–H and O–H groups in total. The highest BCUT2D eigenvalue weighted by Gasteiger charge is 2.41. The summed E-state index contributed by atoms with van der Waals surface area (Å²) in [6, 6.07) is 2.73. The van der Waals surface area contributed by atoms with E-state index in [1.54, 1.807) is 6.08 Å². The second-order valence-corrected chi connectivity index (χ2v) is 9.38. The second-order valence-electron chi connectivity index (χ2n) is 9.38. The Kier molecular flexibility index (Phi) is 6.83. The van der Waals surface area contributed by atoms with Gasteiger partial charge in [0.15, 0.2) is 0 Å². The number of hydrogen-bond donors (Lipinski definition) is 0. The molecular formula is C27H26F6O. The molecule has 34 heavy (non-hydrogen) atoms. The maximum absolute atomic E-state index is 14.7. The number of rotatable bonds is 5. The van der Waals surface area contributed by atoms with Crippen LogP contribution in [0.25, 0.3) is 5.57 Å². The lowest BCUT2D eigenvalue weighted by Crippen LogP contribution is -2.25. The summed E-state index contributed by atoms with van der Waals surface area (Å²) in [5.41, 5.74) is -1.32. The highest BCUT2D eigenvalue weighted by atomic mass is 19.3.